The molecule has 0 radical (unpaired) electrons. The Hall–Kier alpha value is -1.85. The number of hydrogen-bond acceptors (Lipinski definition) is 4. The maximum absolute atomic E-state index is 4.38. The molecule has 0 spiro atoms. The summed E-state index contributed by atoms with van der Waals surface area (Å²) in [5.41, 5.74) is 1.42. The van der Waals surface area contributed by atoms with Crippen molar-refractivity contribution in [3.8, 4) is 0 Å². The van der Waals surface area contributed by atoms with Crippen LogP contribution < -0.4 is 10.6 Å². The van der Waals surface area contributed by atoms with E-state index in [0.29, 0.717) is 12.0 Å². The Morgan fingerprint density at radius 2 is 2.08 bits per heavy atom. The highest BCUT2D eigenvalue weighted by Gasteiger charge is 2.22. The molecule has 1 saturated heterocycles. The predicted octanol–water partition coefficient (Wildman–Crippen LogP) is 2.18. The van der Waals surface area contributed by atoms with Gasteiger partial charge in [0.15, 0.2) is 0 Å². The van der Waals surface area contributed by atoms with Gasteiger partial charge in [0.1, 0.15) is 5.82 Å². The summed E-state index contributed by atoms with van der Waals surface area (Å²) in [6.45, 7) is 6.56. The molecular formula is C19H27N5. The molecule has 2 aliphatic rings. The second-order valence-corrected chi connectivity index (χ2v) is 7.11. The summed E-state index contributed by atoms with van der Waals surface area (Å²) in [4.78, 5) is 2.58. The molecule has 0 amide bonds. The third kappa shape index (κ3) is 3.79. The van der Waals surface area contributed by atoms with Crippen LogP contribution in [0.2, 0.25) is 0 Å². The van der Waals surface area contributed by atoms with E-state index in [2.05, 4.69) is 55.6 Å². The summed E-state index contributed by atoms with van der Waals surface area (Å²) >= 11 is 0. The van der Waals surface area contributed by atoms with E-state index in [9.17, 15) is 0 Å². The van der Waals surface area contributed by atoms with Crippen molar-refractivity contribution in [2.75, 3.05) is 31.5 Å². The Morgan fingerprint density at radius 1 is 1.17 bits per heavy atom. The molecule has 24 heavy (non-hydrogen) atoms. The molecule has 4 rings (SSSR count). The molecule has 5 nitrogen and oxygen atoms in total. The van der Waals surface area contributed by atoms with Gasteiger partial charge in [0.25, 0.3) is 0 Å². The molecule has 5 heteroatoms. The highest BCUT2D eigenvalue weighted by atomic mass is 15.3. The minimum atomic E-state index is 0.612. The molecule has 0 saturated carbocycles. The molecule has 1 aromatic carbocycles. The number of hydrogen-bond donors (Lipinski definition) is 2. The lowest BCUT2D eigenvalue weighted by molar-refractivity contribution is 0.179. The summed E-state index contributed by atoms with van der Waals surface area (Å²) in [6.07, 6.45) is 4.45. The van der Waals surface area contributed by atoms with Crippen LogP contribution in [0, 0.1) is 5.92 Å². The maximum Gasteiger partial charge on any atom is 0.124 e. The van der Waals surface area contributed by atoms with E-state index in [-0.39, 0.29) is 0 Å². The van der Waals surface area contributed by atoms with Gasteiger partial charge in [-0.15, -0.1) is 0 Å². The molecular weight excluding hydrogens is 298 g/mol. The van der Waals surface area contributed by atoms with E-state index >= 15 is 0 Å². The van der Waals surface area contributed by atoms with Gasteiger partial charge in [0.2, 0.25) is 0 Å². The highest BCUT2D eigenvalue weighted by molar-refractivity contribution is 5.35. The van der Waals surface area contributed by atoms with Crippen LogP contribution in [0.4, 0.5) is 5.82 Å². The molecule has 2 atom stereocenters. The quantitative estimate of drug-likeness (QED) is 0.884. The van der Waals surface area contributed by atoms with E-state index in [4.69, 9.17) is 0 Å². The molecule has 0 bridgehead atoms. The van der Waals surface area contributed by atoms with E-state index in [0.717, 1.165) is 38.5 Å². The lowest BCUT2D eigenvalue weighted by Gasteiger charge is -2.34. The molecule has 2 aliphatic heterocycles. The number of piperidine rings is 1. The minimum Gasteiger partial charge on any atom is -0.370 e. The first-order valence-corrected chi connectivity index (χ1v) is 9.12. The average Bonchev–Trinajstić information content (AvgIpc) is 3.09. The SMILES string of the molecule is c1ccc(CN2CCC[C@H](NC[C@H]3CNc4ccnn4C3)C2)cc1. The maximum atomic E-state index is 4.38. The van der Waals surface area contributed by atoms with E-state index in [1.54, 1.807) is 0 Å². The number of fused-ring (bicyclic) bond motifs is 1. The molecule has 0 aliphatic carbocycles. The first-order valence-electron chi connectivity index (χ1n) is 9.12. The number of nitrogens with one attached hydrogen (secondary N) is 2. The second kappa shape index (κ2) is 7.36. The Bertz CT molecular complexity index is 638. The number of anilines is 1. The summed E-state index contributed by atoms with van der Waals surface area (Å²) in [7, 11) is 0. The predicted molar refractivity (Wildman–Crippen MR) is 97.0 cm³/mol. The van der Waals surface area contributed by atoms with E-state index in [1.165, 1.54) is 24.9 Å². The molecule has 2 aromatic rings. The van der Waals surface area contributed by atoms with Crippen molar-refractivity contribution in [2.24, 2.45) is 5.92 Å². The van der Waals surface area contributed by atoms with Gasteiger partial charge in [-0.05, 0) is 24.9 Å². The molecule has 128 valence electrons. The fraction of sp³-hybridized carbons (Fsp3) is 0.526. The number of nitrogens with zero attached hydrogens (tertiary/aromatic N) is 3. The summed E-state index contributed by atoms with van der Waals surface area (Å²) in [5, 5.41) is 11.7. The fourth-order valence-corrected chi connectivity index (χ4v) is 3.86. The molecule has 0 unspecified atom stereocenters. The van der Waals surface area contributed by atoms with Crippen LogP contribution in [-0.4, -0.2) is 46.9 Å². The van der Waals surface area contributed by atoms with Crippen LogP contribution in [-0.2, 0) is 13.1 Å². The van der Waals surface area contributed by atoms with Gasteiger partial charge in [0, 0.05) is 50.7 Å². The van der Waals surface area contributed by atoms with Crippen molar-refractivity contribution in [3.05, 3.63) is 48.2 Å². The van der Waals surface area contributed by atoms with Crippen molar-refractivity contribution in [1.29, 1.82) is 0 Å². The summed E-state index contributed by atoms with van der Waals surface area (Å²) < 4.78 is 2.08. The Morgan fingerprint density at radius 3 is 3.00 bits per heavy atom. The third-order valence-corrected chi connectivity index (χ3v) is 5.17. The van der Waals surface area contributed by atoms with Crippen LogP contribution in [0.25, 0.3) is 0 Å². The first-order chi connectivity index (χ1) is 11.9. The van der Waals surface area contributed by atoms with Gasteiger partial charge in [0.05, 0.1) is 6.20 Å². The van der Waals surface area contributed by atoms with Gasteiger partial charge in [-0.1, -0.05) is 30.3 Å². The van der Waals surface area contributed by atoms with Crippen molar-refractivity contribution in [1.82, 2.24) is 20.0 Å². The van der Waals surface area contributed by atoms with Crippen LogP contribution in [0.15, 0.2) is 42.6 Å². The molecule has 1 fully saturated rings. The zero-order valence-electron chi connectivity index (χ0n) is 14.2. The fourth-order valence-electron chi connectivity index (χ4n) is 3.86. The second-order valence-electron chi connectivity index (χ2n) is 7.11. The molecule has 2 N–H and O–H groups in total. The topological polar surface area (TPSA) is 45.1 Å². The van der Waals surface area contributed by atoms with Gasteiger partial charge in [-0.3, -0.25) is 4.90 Å². The van der Waals surface area contributed by atoms with Gasteiger partial charge < -0.3 is 10.6 Å². The smallest absolute Gasteiger partial charge is 0.124 e. The number of rotatable bonds is 5. The molecule has 3 heterocycles. The Labute approximate surface area is 144 Å². The minimum absolute atomic E-state index is 0.612. The monoisotopic (exact) mass is 325 g/mol. The van der Waals surface area contributed by atoms with Crippen molar-refractivity contribution in [2.45, 2.75) is 32.0 Å². The largest absolute Gasteiger partial charge is 0.370 e. The molecule has 1 aromatic heterocycles. The standard InChI is InChI=1S/C19H27N5/c1-2-5-16(6-3-1)13-23-10-4-7-18(15-23)20-11-17-12-21-19-8-9-22-24(19)14-17/h1-3,5-6,8-9,17-18,20-21H,4,7,10-15H2/t17-,18-/m0/s1. The first kappa shape index (κ1) is 15.7. The normalized spacial score (nSPS) is 24.3. The third-order valence-electron chi connectivity index (χ3n) is 5.17. The average molecular weight is 325 g/mol. The Kier molecular flexibility index (Phi) is 4.81. The summed E-state index contributed by atoms with van der Waals surface area (Å²) in [5.74, 6) is 1.76. The van der Waals surface area contributed by atoms with Crippen LogP contribution in [0.1, 0.15) is 18.4 Å². The van der Waals surface area contributed by atoms with Crippen LogP contribution in [0.3, 0.4) is 0 Å². The lowest BCUT2D eigenvalue weighted by atomic mass is 10.0. The zero-order valence-corrected chi connectivity index (χ0v) is 14.2. The van der Waals surface area contributed by atoms with Crippen molar-refractivity contribution < 1.29 is 0 Å². The Balaban J connectivity index is 1.25. The van der Waals surface area contributed by atoms with Crippen molar-refractivity contribution >= 4 is 5.82 Å². The lowest BCUT2D eigenvalue weighted by Crippen LogP contribution is -2.48. The van der Waals surface area contributed by atoms with E-state index in [1.807, 2.05) is 12.3 Å². The van der Waals surface area contributed by atoms with E-state index < -0.39 is 0 Å². The van der Waals surface area contributed by atoms with Gasteiger partial charge >= 0.3 is 0 Å². The number of likely N-dealkylation sites (tertiary alicyclic amines) is 1. The van der Waals surface area contributed by atoms with Gasteiger partial charge in [-0.25, -0.2) is 4.68 Å². The summed E-state index contributed by atoms with van der Waals surface area (Å²) in [6, 6.07) is 13.5. The number of benzene rings is 1. The van der Waals surface area contributed by atoms with Gasteiger partial charge in [-0.2, -0.15) is 5.10 Å². The zero-order chi connectivity index (χ0) is 16.2. The van der Waals surface area contributed by atoms with Crippen LogP contribution >= 0.6 is 0 Å². The van der Waals surface area contributed by atoms with Crippen LogP contribution in [0.5, 0.6) is 0 Å². The highest BCUT2D eigenvalue weighted by Crippen LogP contribution is 2.17. The number of aromatic nitrogens is 2. The van der Waals surface area contributed by atoms with Crippen molar-refractivity contribution in [3.63, 3.8) is 0 Å².